The van der Waals surface area contributed by atoms with Crippen LogP contribution in [0.5, 0.6) is 0 Å². The van der Waals surface area contributed by atoms with Crippen LogP contribution in [0.25, 0.3) is 11.0 Å². The van der Waals surface area contributed by atoms with E-state index in [1.54, 1.807) is 24.3 Å². The molecule has 0 spiro atoms. The number of nitrogens with zero attached hydrogens (tertiary/aromatic N) is 3. The van der Waals surface area contributed by atoms with Crippen LogP contribution in [-0.2, 0) is 29.0 Å². The molecular weight excluding hydrogens is 474 g/mol. The van der Waals surface area contributed by atoms with E-state index in [9.17, 15) is 9.59 Å². The van der Waals surface area contributed by atoms with Crippen molar-refractivity contribution in [3.63, 3.8) is 0 Å². The van der Waals surface area contributed by atoms with Crippen LogP contribution >= 0.6 is 0 Å². The third-order valence-electron chi connectivity index (χ3n) is 7.63. The van der Waals surface area contributed by atoms with Crippen molar-refractivity contribution in [2.45, 2.75) is 45.7 Å². The maximum atomic E-state index is 13.2. The molecule has 6 nitrogen and oxygen atoms in total. The van der Waals surface area contributed by atoms with Crippen LogP contribution in [0.2, 0.25) is 0 Å². The van der Waals surface area contributed by atoms with E-state index in [-0.39, 0.29) is 24.2 Å². The van der Waals surface area contributed by atoms with Gasteiger partial charge >= 0.3 is 5.97 Å². The highest BCUT2D eigenvalue weighted by Gasteiger charge is 2.26. The molecule has 1 amide bonds. The Morgan fingerprint density at radius 1 is 1.11 bits per heavy atom. The molecule has 2 heterocycles. The number of imidazole rings is 1. The van der Waals surface area contributed by atoms with Crippen molar-refractivity contribution in [3.05, 3.63) is 99.9 Å². The molecule has 38 heavy (non-hydrogen) atoms. The summed E-state index contributed by atoms with van der Waals surface area (Å²) in [5.41, 5.74) is 8.89. The van der Waals surface area contributed by atoms with Crippen LogP contribution in [0.4, 0.5) is 0 Å². The topological polar surface area (TPSA) is 64.4 Å². The van der Waals surface area contributed by atoms with Gasteiger partial charge in [-0.05, 0) is 78.4 Å². The van der Waals surface area contributed by atoms with E-state index in [0.717, 1.165) is 51.8 Å². The molecule has 0 aliphatic carbocycles. The van der Waals surface area contributed by atoms with Gasteiger partial charge in [0.2, 0.25) is 0 Å². The van der Waals surface area contributed by atoms with Crippen molar-refractivity contribution in [2.75, 3.05) is 13.7 Å². The summed E-state index contributed by atoms with van der Waals surface area (Å²) in [7, 11) is 1.42. The highest BCUT2D eigenvalue weighted by molar-refractivity contribution is 5.94. The molecule has 1 aliphatic rings. The normalized spacial score (nSPS) is 13.6. The maximum Gasteiger partial charge on any atom is 0.306 e. The van der Waals surface area contributed by atoms with Gasteiger partial charge in [0.25, 0.3) is 5.91 Å². The summed E-state index contributed by atoms with van der Waals surface area (Å²) in [6.07, 6.45) is 8.32. The van der Waals surface area contributed by atoms with Gasteiger partial charge in [0, 0.05) is 36.7 Å². The Bertz CT molecular complexity index is 1560. The lowest BCUT2D eigenvalue weighted by molar-refractivity contribution is -0.140. The Balaban J connectivity index is 1.48. The number of ether oxygens (including phenoxy) is 1. The molecule has 4 aromatic rings. The van der Waals surface area contributed by atoms with Gasteiger partial charge < -0.3 is 14.2 Å². The Morgan fingerprint density at radius 2 is 1.89 bits per heavy atom. The zero-order valence-electron chi connectivity index (χ0n) is 22.0. The first kappa shape index (κ1) is 25.3. The summed E-state index contributed by atoms with van der Waals surface area (Å²) in [4.78, 5) is 32.3. The maximum absolute atomic E-state index is 13.2. The van der Waals surface area contributed by atoms with E-state index in [2.05, 4.69) is 59.7 Å². The van der Waals surface area contributed by atoms with Gasteiger partial charge in [-0.2, -0.15) is 0 Å². The predicted molar refractivity (Wildman–Crippen MR) is 148 cm³/mol. The third-order valence-corrected chi connectivity index (χ3v) is 7.63. The Kier molecular flexibility index (Phi) is 7.02. The molecule has 1 aliphatic heterocycles. The number of terminal acetylenes is 1. The second kappa shape index (κ2) is 10.5. The highest BCUT2D eigenvalue weighted by atomic mass is 16.5. The molecule has 0 fully saturated rings. The largest absolute Gasteiger partial charge is 0.469 e. The fraction of sp³-hybridized carbons (Fsp3) is 0.281. The first-order valence-electron chi connectivity index (χ1n) is 12.9. The number of aromatic nitrogens is 2. The number of carbonyl (C=O) groups excluding carboxylic acids is 2. The fourth-order valence-electron chi connectivity index (χ4n) is 5.43. The molecule has 5 rings (SSSR count). The number of rotatable bonds is 6. The summed E-state index contributed by atoms with van der Waals surface area (Å²) in [5.74, 6) is 2.12. The zero-order chi connectivity index (χ0) is 26.8. The number of hydrogen-bond donors (Lipinski definition) is 0. The summed E-state index contributed by atoms with van der Waals surface area (Å²) in [6, 6.07) is 17.7. The van der Waals surface area contributed by atoms with Crippen molar-refractivity contribution < 1.29 is 14.3 Å². The van der Waals surface area contributed by atoms with Crippen LogP contribution in [0.1, 0.15) is 63.0 Å². The van der Waals surface area contributed by atoms with Gasteiger partial charge in [-0.3, -0.25) is 9.59 Å². The molecule has 1 aromatic heterocycles. The molecule has 1 atom stereocenters. The summed E-state index contributed by atoms with van der Waals surface area (Å²) < 4.78 is 7.19. The van der Waals surface area contributed by atoms with E-state index in [0.29, 0.717) is 18.7 Å². The lowest BCUT2D eigenvalue weighted by Gasteiger charge is -2.30. The van der Waals surface area contributed by atoms with Gasteiger partial charge in [-0.15, -0.1) is 6.42 Å². The standard InChI is InChI=1S/C32H31N3O3/c1-5-22-7-9-24(10-8-22)32(37)35-16-15-23-11-12-25(17-26(23)19-35)28(18-30(36)38-4)27-13-14-29-31(21(27)3)33-20-34(29)6-2/h1,7-14,17,20,28H,6,15-16,18-19H2,2-4H3. The number of amides is 1. The lowest BCUT2D eigenvalue weighted by atomic mass is 9.83. The molecule has 3 aromatic carbocycles. The minimum Gasteiger partial charge on any atom is -0.469 e. The molecule has 6 heteroatoms. The minimum absolute atomic E-state index is 0.0106. The fourth-order valence-corrected chi connectivity index (χ4v) is 5.43. The molecule has 0 saturated carbocycles. The number of benzene rings is 3. The average Bonchev–Trinajstić information content (AvgIpc) is 3.39. The number of esters is 1. The molecule has 0 saturated heterocycles. The Morgan fingerprint density at radius 3 is 2.61 bits per heavy atom. The van der Waals surface area contributed by atoms with E-state index >= 15 is 0 Å². The lowest BCUT2D eigenvalue weighted by Crippen LogP contribution is -2.36. The van der Waals surface area contributed by atoms with Gasteiger partial charge in [-0.1, -0.05) is 30.2 Å². The van der Waals surface area contributed by atoms with Crippen LogP contribution in [0.15, 0.2) is 60.9 Å². The first-order chi connectivity index (χ1) is 18.4. The van der Waals surface area contributed by atoms with Crippen molar-refractivity contribution in [1.29, 1.82) is 0 Å². The molecule has 1 unspecified atom stereocenters. The second-order valence-corrected chi connectivity index (χ2v) is 9.74. The first-order valence-corrected chi connectivity index (χ1v) is 12.9. The van der Waals surface area contributed by atoms with Gasteiger partial charge in [0.05, 0.1) is 30.9 Å². The van der Waals surface area contributed by atoms with Crippen LogP contribution < -0.4 is 0 Å². The van der Waals surface area contributed by atoms with Crippen LogP contribution in [0, 0.1) is 19.3 Å². The van der Waals surface area contributed by atoms with E-state index in [4.69, 9.17) is 11.2 Å². The highest BCUT2D eigenvalue weighted by Crippen LogP contribution is 2.35. The molecule has 0 N–H and O–H groups in total. The van der Waals surface area contributed by atoms with Crippen molar-refractivity contribution in [2.24, 2.45) is 0 Å². The number of aryl methyl sites for hydroxylation is 2. The van der Waals surface area contributed by atoms with Crippen LogP contribution in [-0.4, -0.2) is 40.0 Å². The third kappa shape index (κ3) is 4.68. The average molecular weight is 506 g/mol. The van der Waals surface area contributed by atoms with Gasteiger partial charge in [-0.25, -0.2) is 4.98 Å². The minimum atomic E-state index is -0.265. The molecular formula is C32H31N3O3. The smallest absolute Gasteiger partial charge is 0.306 e. The Labute approximate surface area is 223 Å². The SMILES string of the molecule is C#Cc1ccc(C(=O)N2CCc3ccc(C(CC(=O)OC)c4ccc5c(ncn5CC)c4C)cc3C2)cc1. The van der Waals surface area contributed by atoms with E-state index < -0.39 is 0 Å². The van der Waals surface area contributed by atoms with Crippen molar-refractivity contribution in [3.8, 4) is 12.3 Å². The zero-order valence-corrected chi connectivity index (χ0v) is 22.0. The quantitative estimate of drug-likeness (QED) is 0.266. The Hall–Kier alpha value is -4.37. The summed E-state index contributed by atoms with van der Waals surface area (Å²) in [5, 5.41) is 0. The number of methoxy groups -OCH3 is 1. The van der Waals surface area contributed by atoms with Gasteiger partial charge in [0.15, 0.2) is 0 Å². The predicted octanol–water partition coefficient (Wildman–Crippen LogP) is 5.24. The number of carbonyl (C=O) groups is 2. The van der Waals surface area contributed by atoms with E-state index in [1.165, 1.54) is 12.7 Å². The number of hydrogen-bond acceptors (Lipinski definition) is 4. The number of fused-ring (bicyclic) bond motifs is 2. The molecule has 0 radical (unpaired) electrons. The van der Waals surface area contributed by atoms with E-state index in [1.807, 2.05) is 11.2 Å². The van der Waals surface area contributed by atoms with Crippen LogP contribution in [0.3, 0.4) is 0 Å². The van der Waals surface area contributed by atoms with Crippen molar-refractivity contribution >= 4 is 22.9 Å². The monoisotopic (exact) mass is 505 g/mol. The second-order valence-electron chi connectivity index (χ2n) is 9.74. The van der Waals surface area contributed by atoms with Gasteiger partial charge in [0.1, 0.15) is 0 Å². The van der Waals surface area contributed by atoms with Crippen molar-refractivity contribution in [1.82, 2.24) is 14.5 Å². The summed E-state index contributed by atoms with van der Waals surface area (Å²) >= 11 is 0. The molecule has 0 bridgehead atoms. The summed E-state index contributed by atoms with van der Waals surface area (Å²) in [6.45, 7) is 6.18. The molecule has 192 valence electrons.